The van der Waals surface area contributed by atoms with Crippen LogP contribution in [0.1, 0.15) is 38.7 Å². The number of unbranched alkanes of at least 4 members (excludes halogenated alkanes) is 1. The summed E-state index contributed by atoms with van der Waals surface area (Å²) in [5.41, 5.74) is 6.19. The SMILES string of the molecule is CCCCN(C(=O)CN(C)Cc1ccc2ccccc2c1)c1c(N)n(CCC)c(=O)[nH]c1=O. The van der Waals surface area contributed by atoms with E-state index in [1.807, 2.05) is 37.9 Å². The number of nitrogens with two attached hydrogens (primary N) is 1. The fourth-order valence-corrected chi connectivity index (χ4v) is 3.98. The number of fused-ring (bicyclic) bond motifs is 1. The molecule has 0 aliphatic carbocycles. The Labute approximate surface area is 193 Å². The lowest BCUT2D eigenvalue weighted by Crippen LogP contribution is -2.45. The summed E-state index contributed by atoms with van der Waals surface area (Å²) in [7, 11) is 1.87. The molecule has 8 heteroatoms. The van der Waals surface area contributed by atoms with Gasteiger partial charge in [-0.3, -0.25) is 24.0 Å². The summed E-state index contributed by atoms with van der Waals surface area (Å²) in [6, 6.07) is 14.4. The first kappa shape index (κ1) is 24.3. The van der Waals surface area contributed by atoms with Gasteiger partial charge in [0.25, 0.3) is 5.56 Å². The second-order valence-corrected chi connectivity index (χ2v) is 8.40. The van der Waals surface area contributed by atoms with Crippen molar-refractivity contribution in [1.82, 2.24) is 14.5 Å². The lowest BCUT2D eigenvalue weighted by Gasteiger charge is -2.26. The number of H-pyrrole nitrogens is 1. The molecule has 0 unspecified atom stereocenters. The van der Waals surface area contributed by atoms with Crippen LogP contribution in [0.3, 0.4) is 0 Å². The van der Waals surface area contributed by atoms with Gasteiger partial charge in [0.2, 0.25) is 5.91 Å². The van der Waals surface area contributed by atoms with E-state index >= 15 is 0 Å². The average Bonchev–Trinajstić information content (AvgIpc) is 2.78. The summed E-state index contributed by atoms with van der Waals surface area (Å²) in [5, 5.41) is 2.32. The van der Waals surface area contributed by atoms with Crippen LogP contribution in [0, 0.1) is 0 Å². The zero-order valence-corrected chi connectivity index (χ0v) is 19.6. The molecule has 1 amide bonds. The second kappa shape index (κ2) is 11.0. The van der Waals surface area contributed by atoms with Crippen molar-refractivity contribution >= 4 is 28.2 Å². The molecule has 0 atom stereocenters. The fraction of sp³-hybridized carbons (Fsp3) is 0.400. The Kier molecular flexibility index (Phi) is 8.06. The topological polar surface area (TPSA) is 104 Å². The monoisotopic (exact) mass is 451 g/mol. The summed E-state index contributed by atoms with van der Waals surface area (Å²) >= 11 is 0. The number of amides is 1. The maximum atomic E-state index is 13.3. The molecule has 2 aromatic carbocycles. The van der Waals surface area contributed by atoms with Crippen LogP contribution in [0.15, 0.2) is 52.1 Å². The number of aromatic amines is 1. The summed E-state index contributed by atoms with van der Waals surface area (Å²) in [4.78, 5) is 43.8. The van der Waals surface area contributed by atoms with Gasteiger partial charge in [-0.05, 0) is 42.3 Å². The smallest absolute Gasteiger partial charge is 0.330 e. The molecule has 1 heterocycles. The van der Waals surface area contributed by atoms with Gasteiger partial charge in [-0.15, -0.1) is 0 Å². The molecule has 0 aliphatic heterocycles. The van der Waals surface area contributed by atoms with Gasteiger partial charge in [0, 0.05) is 19.6 Å². The molecule has 3 rings (SSSR count). The van der Waals surface area contributed by atoms with Crippen LogP contribution in [0.5, 0.6) is 0 Å². The van der Waals surface area contributed by atoms with E-state index in [-0.39, 0.29) is 24.0 Å². The quantitative estimate of drug-likeness (QED) is 0.493. The Morgan fingerprint density at radius 3 is 2.48 bits per heavy atom. The van der Waals surface area contributed by atoms with Crippen molar-refractivity contribution in [3.8, 4) is 0 Å². The number of carbonyl (C=O) groups is 1. The van der Waals surface area contributed by atoms with Gasteiger partial charge < -0.3 is 10.6 Å². The first-order valence-electron chi connectivity index (χ1n) is 11.4. The van der Waals surface area contributed by atoms with Crippen molar-refractivity contribution in [2.75, 3.05) is 30.8 Å². The number of nitrogens with zero attached hydrogens (tertiary/aromatic N) is 3. The van der Waals surface area contributed by atoms with Crippen LogP contribution < -0.4 is 21.9 Å². The van der Waals surface area contributed by atoms with Gasteiger partial charge in [0.1, 0.15) is 5.82 Å². The Morgan fingerprint density at radius 2 is 1.79 bits per heavy atom. The highest BCUT2D eigenvalue weighted by Crippen LogP contribution is 2.19. The van der Waals surface area contributed by atoms with Crippen molar-refractivity contribution in [3.05, 3.63) is 68.9 Å². The summed E-state index contributed by atoms with van der Waals surface area (Å²) in [6.45, 7) is 5.35. The zero-order chi connectivity index (χ0) is 24.0. The van der Waals surface area contributed by atoms with Gasteiger partial charge in [0.05, 0.1) is 6.54 Å². The maximum Gasteiger partial charge on any atom is 0.330 e. The number of aromatic nitrogens is 2. The van der Waals surface area contributed by atoms with Crippen molar-refractivity contribution in [1.29, 1.82) is 0 Å². The van der Waals surface area contributed by atoms with Crippen LogP contribution in [-0.2, 0) is 17.9 Å². The molecule has 0 bridgehead atoms. The molecule has 33 heavy (non-hydrogen) atoms. The van der Waals surface area contributed by atoms with Crippen LogP contribution in [0.25, 0.3) is 10.8 Å². The third-order valence-electron chi connectivity index (χ3n) is 5.64. The largest absolute Gasteiger partial charge is 0.383 e. The Hall–Kier alpha value is -3.39. The Balaban J connectivity index is 1.84. The van der Waals surface area contributed by atoms with Gasteiger partial charge in [-0.25, -0.2) is 4.79 Å². The van der Waals surface area contributed by atoms with Gasteiger partial charge in [0.15, 0.2) is 5.69 Å². The van der Waals surface area contributed by atoms with E-state index < -0.39 is 11.2 Å². The minimum Gasteiger partial charge on any atom is -0.383 e. The van der Waals surface area contributed by atoms with Crippen molar-refractivity contribution < 1.29 is 4.79 Å². The number of benzene rings is 2. The van der Waals surface area contributed by atoms with E-state index in [1.165, 1.54) is 14.9 Å². The minimum absolute atomic E-state index is 0.0345. The van der Waals surface area contributed by atoms with Crippen LogP contribution in [0.2, 0.25) is 0 Å². The lowest BCUT2D eigenvalue weighted by molar-refractivity contribution is -0.119. The Morgan fingerprint density at radius 1 is 1.06 bits per heavy atom. The van der Waals surface area contributed by atoms with Crippen LogP contribution in [-0.4, -0.2) is 40.5 Å². The van der Waals surface area contributed by atoms with E-state index in [1.54, 1.807) is 0 Å². The molecular weight excluding hydrogens is 418 g/mol. The number of hydrogen-bond donors (Lipinski definition) is 2. The highest BCUT2D eigenvalue weighted by Gasteiger charge is 2.24. The molecule has 3 N–H and O–H groups in total. The summed E-state index contributed by atoms with van der Waals surface area (Å²) in [5.74, 6) is -0.196. The predicted molar refractivity (Wildman–Crippen MR) is 134 cm³/mol. The molecular formula is C25H33N5O3. The molecule has 0 saturated carbocycles. The molecule has 1 aromatic heterocycles. The van der Waals surface area contributed by atoms with Crippen LogP contribution >= 0.6 is 0 Å². The molecule has 3 aromatic rings. The van der Waals surface area contributed by atoms with Gasteiger partial charge in [-0.1, -0.05) is 56.7 Å². The molecule has 0 radical (unpaired) electrons. The van der Waals surface area contributed by atoms with Crippen LogP contribution in [0.4, 0.5) is 11.5 Å². The van der Waals surface area contributed by atoms with Crippen molar-refractivity contribution in [3.63, 3.8) is 0 Å². The number of nitrogen functional groups attached to an aromatic ring is 1. The number of hydrogen-bond acceptors (Lipinski definition) is 5. The van der Waals surface area contributed by atoms with E-state index in [9.17, 15) is 14.4 Å². The highest BCUT2D eigenvalue weighted by atomic mass is 16.2. The fourth-order valence-electron chi connectivity index (χ4n) is 3.98. The van der Waals surface area contributed by atoms with Gasteiger partial charge >= 0.3 is 5.69 Å². The molecule has 0 saturated heterocycles. The highest BCUT2D eigenvalue weighted by molar-refractivity contribution is 5.96. The minimum atomic E-state index is -0.633. The standard InChI is InChI=1S/C25H33N5O3/c1-4-6-14-29(22-23(26)30(13-5-2)25(33)27-24(22)32)21(31)17-28(3)16-18-11-12-19-9-7-8-10-20(19)15-18/h7-12,15H,4-6,13-14,16-17,26H2,1-3H3,(H,27,32,33). The zero-order valence-electron chi connectivity index (χ0n) is 19.6. The number of anilines is 2. The molecule has 176 valence electrons. The van der Waals surface area contributed by atoms with E-state index in [0.29, 0.717) is 32.5 Å². The molecule has 8 nitrogen and oxygen atoms in total. The molecule has 0 aliphatic rings. The first-order chi connectivity index (χ1) is 15.8. The predicted octanol–water partition coefficient (Wildman–Crippen LogP) is 2.95. The average molecular weight is 452 g/mol. The van der Waals surface area contributed by atoms with Crippen molar-refractivity contribution in [2.24, 2.45) is 0 Å². The lowest BCUT2D eigenvalue weighted by atomic mass is 10.1. The second-order valence-electron chi connectivity index (χ2n) is 8.40. The third kappa shape index (κ3) is 5.70. The number of likely N-dealkylation sites (N-methyl/N-ethyl adjacent to an activating group) is 1. The Bertz CT molecular complexity index is 1230. The van der Waals surface area contributed by atoms with E-state index in [2.05, 4.69) is 35.3 Å². The van der Waals surface area contributed by atoms with Crippen molar-refractivity contribution in [2.45, 2.75) is 46.2 Å². The number of rotatable bonds is 10. The number of carbonyl (C=O) groups excluding carboxylic acids is 1. The van der Waals surface area contributed by atoms with Gasteiger partial charge in [-0.2, -0.15) is 0 Å². The summed E-state index contributed by atoms with van der Waals surface area (Å²) in [6.07, 6.45) is 2.24. The molecule has 0 fully saturated rings. The maximum absolute atomic E-state index is 13.3. The summed E-state index contributed by atoms with van der Waals surface area (Å²) < 4.78 is 1.32. The molecule has 0 spiro atoms. The third-order valence-corrected chi connectivity index (χ3v) is 5.64. The first-order valence-corrected chi connectivity index (χ1v) is 11.4. The van der Waals surface area contributed by atoms with E-state index in [0.717, 1.165) is 17.4 Å². The normalized spacial score (nSPS) is 11.3. The number of nitrogens with one attached hydrogen (secondary N) is 1. The van der Waals surface area contributed by atoms with E-state index in [4.69, 9.17) is 5.73 Å².